The Morgan fingerprint density at radius 1 is 0.884 bits per heavy atom. The SMILES string of the molecule is COc1cc(/C=C/C(=O)C(Cc2cn(CCCCNC(=O)CO[C@H]3CC[C@@]4(C)C(=CC[C@H]5[C@@H]6CC[C@H]([C@H](C)CCCC(C)C)[C@@]6(C)CC[C@@H]54)C3)nn2)=C(O)/C=C/c2ccc(O)c(OC)c2)ccc1O. The van der Waals surface area contributed by atoms with Gasteiger partial charge in [-0.2, -0.15) is 0 Å². The van der Waals surface area contributed by atoms with Crippen molar-refractivity contribution in [1.29, 1.82) is 0 Å². The minimum atomic E-state index is -0.450. The predicted molar refractivity (Wildman–Crippen MR) is 271 cm³/mol. The van der Waals surface area contributed by atoms with E-state index in [1.165, 1.54) is 89.9 Å². The molecule has 1 heterocycles. The van der Waals surface area contributed by atoms with Crippen molar-refractivity contribution in [2.24, 2.45) is 46.3 Å². The number of benzene rings is 2. The molecule has 2 aromatic carbocycles. The number of aromatic nitrogens is 3. The van der Waals surface area contributed by atoms with Gasteiger partial charge < -0.3 is 34.8 Å². The van der Waals surface area contributed by atoms with Gasteiger partial charge in [-0.25, -0.2) is 0 Å². The van der Waals surface area contributed by atoms with E-state index in [1.807, 2.05) is 0 Å². The minimum Gasteiger partial charge on any atom is -0.508 e. The third-order valence-corrected chi connectivity index (χ3v) is 16.7. The van der Waals surface area contributed by atoms with Crippen LogP contribution in [0.3, 0.4) is 0 Å². The van der Waals surface area contributed by atoms with Gasteiger partial charge in [-0.1, -0.05) is 95.0 Å². The van der Waals surface area contributed by atoms with Crippen LogP contribution in [0.2, 0.25) is 0 Å². The Bertz CT molecular complexity index is 2380. The van der Waals surface area contributed by atoms with E-state index < -0.39 is 5.78 Å². The van der Waals surface area contributed by atoms with Crippen molar-refractivity contribution in [2.75, 3.05) is 27.4 Å². The fourth-order valence-corrected chi connectivity index (χ4v) is 12.8. The van der Waals surface area contributed by atoms with Gasteiger partial charge >= 0.3 is 0 Å². The summed E-state index contributed by atoms with van der Waals surface area (Å²) in [4.78, 5) is 26.6. The number of aliphatic hydroxyl groups excluding tert-OH is 1. The zero-order chi connectivity index (χ0) is 49.3. The lowest BCUT2D eigenvalue weighted by Gasteiger charge is -2.58. The summed E-state index contributed by atoms with van der Waals surface area (Å²) in [5.74, 6) is 4.60. The molecule has 0 saturated heterocycles. The van der Waals surface area contributed by atoms with Crippen molar-refractivity contribution in [1.82, 2.24) is 20.3 Å². The van der Waals surface area contributed by atoms with E-state index in [1.54, 1.807) is 52.9 Å². The van der Waals surface area contributed by atoms with E-state index in [0.717, 1.165) is 67.6 Å². The summed E-state index contributed by atoms with van der Waals surface area (Å²) in [7, 11) is 2.89. The van der Waals surface area contributed by atoms with Crippen LogP contribution in [-0.2, 0) is 27.3 Å². The van der Waals surface area contributed by atoms with Gasteiger partial charge in [-0.15, -0.1) is 5.10 Å². The number of aromatic hydroxyl groups is 2. The monoisotopic (exact) mass is 947 g/mol. The first-order valence-electron chi connectivity index (χ1n) is 25.6. The number of carbonyl (C=O) groups excluding carboxylic acids is 2. The van der Waals surface area contributed by atoms with Gasteiger partial charge in [0.1, 0.15) is 12.4 Å². The average Bonchev–Trinajstić information content (AvgIpc) is 3.94. The first-order chi connectivity index (χ1) is 33.1. The van der Waals surface area contributed by atoms with Crippen LogP contribution >= 0.6 is 0 Å². The van der Waals surface area contributed by atoms with E-state index in [9.17, 15) is 24.9 Å². The number of hydrogen-bond donors (Lipinski definition) is 4. The third kappa shape index (κ3) is 12.3. The molecule has 0 aliphatic heterocycles. The zero-order valence-corrected chi connectivity index (χ0v) is 42.2. The molecule has 12 heteroatoms. The number of ether oxygens (including phenoxy) is 3. The molecule has 3 aromatic rings. The van der Waals surface area contributed by atoms with Crippen molar-refractivity contribution < 1.29 is 39.1 Å². The topological polar surface area (TPSA) is 165 Å². The van der Waals surface area contributed by atoms with Crippen LogP contribution in [0.1, 0.15) is 135 Å². The van der Waals surface area contributed by atoms with Crippen molar-refractivity contribution in [3.63, 3.8) is 0 Å². The Labute approximate surface area is 410 Å². The van der Waals surface area contributed by atoms with Gasteiger partial charge in [0.2, 0.25) is 5.91 Å². The first kappa shape index (κ1) is 51.5. The molecule has 8 atom stereocenters. The van der Waals surface area contributed by atoms with Crippen LogP contribution in [-0.4, -0.2) is 75.5 Å². The number of aryl methyl sites for hydroxylation is 1. The van der Waals surface area contributed by atoms with Gasteiger partial charge in [0.25, 0.3) is 0 Å². The van der Waals surface area contributed by atoms with Gasteiger partial charge in [0, 0.05) is 31.3 Å². The lowest BCUT2D eigenvalue weighted by molar-refractivity contribution is -0.129. The Morgan fingerprint density at radius 2 is 1.59 bits per heavy atom. The number of phenolic OH excluding ortho intramolecular Hbond substituents is 2. The number of rotatable bonds is 22. The summed E-state index contributed by atoms with van der Waals surface area (Å²) in [6.07, 6.45) is 25.8. The largest absolute Gasteiger partial charge is 0.508 e. The molecule has 4 aliphatic rings. The highest BCUT2D eigenvalue weighted by Crippen LogP contribution is 2.67. The number of unbranched alkanes of at least 4 members (excludes halogenated alkanes) is 1. The fourth-order valence-electron chi connectivity index (χ4n) is 12.8. The number of aliphatic hydroxyl groups is 1. The molecule has 0 bridgehead atoms. The smallest absolute Gasteiger partial charge is 0.246 e. The lowest BCUT2D eigenvalue weighted by atomic mass is 9.47. The molecule has 69 heavy (non-hydrogen) atoms. The highest BCUT2D eigenvalue weighted by molar-refractivity contribution is 6.07. The van der Waals surface area contributed by atoms with Crippen molar-refractivity contribution in [2.45, 2.75) is 137 Å². The summed E-state index contributed by atoms with van der Waals surface area (Å²) in [5, 5.41) is 42.8. The van der Waals surface area contributed by atoms with Gasteiger partial charge in [-0.3, -0.25) is 14.3 Å². The van der Waals surface area contributed by atoms with Crippen LogP contribution in [0, 0.1) is 46.3 Å². The van der Waals surface area contributed by atoms with Crippen LogP contribution < -0.4 is 14.8 Å². The number of ketones is 1. The molecule has 7 rings (SSSR count). The molecule has 0 spiro atoms. The van der Waals surface area contributed by atoms with Crippen LogP contribution in [0.25, 0.3) is 12.2 Å². The number of methoxy groups -OCH3 is 2. The number of nitrogens with one attached hydrogen (secondary N) is 1. The molecule has 1 aromatic heterocycles. The molecule has 3 fully saturated rings. The number of fused-ring (bicyclic) bond motifs is 5. The molecule has 3 saturated carbocycles. The minimum absolute atomic E-state index is 0.00438. The number of amides is 1. The second-order valence-corrected chi connectivity index (χ2v) is 21.4. The molecule has 4 N–H and O–H groups in total. The van der Waals surface area contributed by atoms with Crippen LogP contribution in [0.5, 0.6) is 23.0 Å². The van der Waals surface area contributed by atoms with Gasteiger partial charge in [0.05, 0.1) is 26.0 Å². The molecule has 374 valence electrons. The number of hydrogen-bond acceptors (Lipinski definition) is 10. The Hall–Kier alpha value is -5.36. The van der Waals surface area contributed by atoms with E-state index in [-0.39, 0.29) is 64.8 Å². The summed E-state index contributed by atoms with van der Waals surface area (Å²) >= 11 is 0. The number of allylic oxidation sites excluding steroid dienone is 4. The van der Waals surface area contributed by atoms with Crippen LogP contribution in [0.4, 0.5) is 0 Å². The fraction of sp³-hybridized carbons (Fsp3) is 0.579. The average molecular weight is 947 g/mol. The molecule has 0 unspecified atom stereocenters. The third-order valence-electron chi connectivity index (χ3n) is 16.7. The Kier molecular flexibility index (Phi) is 17.2. The maximum absolute atomic E-state index is 13.6. The summed E-state index contributed by atoms with van der Waals surface area (Å²) < 4.78 is 18.4. The van der Waals surface area contributed by atoms with E-state index in [4.69, 9.17) is 14.2 Å². The quantitative estimate of drug-likeness (QED) is 0.0250. The molecular formula is C57H78N4O8. The molecular weight excluding hydrogens is 869 g/mol. The van der Waals surface area contributed by atoms with E-state index in [2.05, 4.69) is 56.3 Å². The summed E-state index contributed by atoms with van der Waals surface area (Å²) in [6.45, 7) is 13.6. The normalized spacial score (nSPS) is 26.3. The molecule has 0 radical (unpaired) electrons. The maximum atomic E-state index is 13.6. The first-order valence-corrected chi connectivity index (χ1v) is 25.6. The highest BCUT2D eigenvalue weighted by atomic mass is 16.5. The van der Waals surface area contributed by atoms with Crippen molar-refractivity contribution >= 4 is 23.8 Å². The van der Waals surface area contributed by atoms with E-state index in [0.29, 0.717) is 35.3 Å². The second-order valence-electron chi connectivity index (χ2n) is 21.4. The number of phenols is 2. The zero-order valence-electron chi connectivity index (χ0n) is 42.2. The lowest BCUT2D eigenvalue weighted by Crippen LogP contribution is -2.51. The highest BCUT2D eigenvalue weighted by Gasteiger charge is 2.59. The maximum Gasteiger partial charge on any atom is 0.246 e. The van der Waals surface area contributed by atoms with Crippen molar-refractivity contribution in [3.8, 4) is 23.0 Å². The predicted octanol–water partition coefficient (Wildman–Crippen LogP) is 11.4. The molecule has 4 aliphatic carbocycles. The number of carbonyl (C=O) groups is 2. The molecule has 1 amide bonds. The second kappa shape index (κ2) is 23.0. The van der Waals surface area contributed by atoms with Gasteiger partial charge in [0.15, 0.2) is 28.8 Å². The van der Waals surface area contributed by atoms with Crippen LogP contribution in [0.15, 0.2) is 77.7 Å². The van der Waals surface area contributed by atoms with E-state index >= 15 is 0 Å². The number of nitrogens with zero attached hydrogens (tertiary/aromatic N) is 3. The summed E-state index contributed by atoms with van der Waals surface area (Å²) in [5.41, 5.74) is 4.16. The van der Waals surface area contributed by atoms with Gasteiger partial charge in [-0.05, 0) is 158 Å². The molecule has 12 nitrogen and oxygen atoms in total. The Balaban J connectivity index is 0.865. The van der Waals surface area contributed by atoms with Crippen molar-refractivity contribution in [3.05, 3.63) is 94.5 Å². The Morgan fingerprint density at radius 3 is 2.29 bits per heavy atom. The standard InChI is InChI=1S/C57H78N4O8/c1-37(2)11-10-12-38(3)46-19-20-47-44-18-17-41-33-43(25-27-56(41,4)48(44)26-28-57(46,47)5)69-36-55(66)58-29-8-9-30-61-35-42(59-60-61)34-45(49(62)21-13-39-15-23-51(64)53(31-39)67-6)50(63)22-14-40-16-24-52(65)54(32-40)68-7/h13-17,21-24,31-32,35,37-38,43-44,46-48,62,64-65H,8-12,18-20,25-30,33-34,36H2,1-7H3,(H,58,66)/b21-13+,22-14+,49-45?/t38-,43+,44+,46-,47+,48+,56+,57-/m1/s1. The summed E-state index contributed by atoms with van der Waals surface area (Å²) in [6, 6.07) is 9.47.